The molecular formula is C22H22Cl2N5O3S+. The van der Waals surface area contributed by atoms with Gasteiger partial charge in [-0.2, -0.15) is 4.58 Å². The van der Waals surface area contributed by atoms with Gasteiger partial charge in [0.2, 0.25) is 10.0 Å². The van der Waals surface area contributed by atoms with Crippen molar-refractivity contribution >= 4 is 56.2 Å². The van der Waals surface area contributed by atoms with Gasteiger partial charge in [0, 0.05) is 29.7 Å². The summed E-state index contributed by atoms with van der Waals surface area (Å²) in [6.45, 7) is 2.66. The third-order valence-corrected chi connectivity index (χ3v) is 7.09. The Bertz CT molecular complexity index is 1430. The second kappa shape index (κ2) is 8.39. The number of aromatic nitrogens is 2. The summed E-state index contributed by atoms with van der Waals surface area (Å²) < 4.78 is 29.8. The molecule has 172 valence electrons. The van der Waals surface area contributed by atoms with Crippen LogP contribution in [-0.4, -0.2) is 64.8 Å². The van der Waals surface area contributed by atoms with Crippen molar-refractivity contribution in [3.05, 3.63) is 52.3 Å². The molecule has 1 N–H and O–H groups in total. The third-order valence-electron chi connectivity index (χ3n) is 5.94. The van der Waals surface area contributed by atoms with Crippen LogP contribution in [0.4, 0.5) is 5.69 Å². The quantitative estimate of drug-likeness (QED) is 0.536. The van der Waals surface area contributed by atoms with Crippen molar-refractivity contribution in [3.8, 4) is 11.3 Å². The Labute approximate surface area is 201 Å². The fourth-order valence-electron chi connectivity index (χ4n) is 4.49. The maximum Gasteiger partial charge on any atom is 0.387 e. The molecule has 11 heteroatoms. The minimum Gasteiger partial charge on any atom is -0.300 e. The number of amides is 1. The highest BCUT2D eigenvalue weighted by molar-refractivity contribution is 7.92. The summed E-state index contributed by atoms with van der Waals surface area (Å²) in [4.78, 5) is 19.1. The predicted octanol–water partition coefficient (Wildman–Crippen LogP) is 3.27. The van der Waals surface area contributed by atoms with Gasteiger partial charge in [-0.05, 0) is 30.3 Å². The predicted molar refractivity (Wildman–Crippen MR) is 129 cm³/mol. The van der Waals surface area contributed by atoms with E-state index in [2.05, 4.69) is 9.62 Å². The fourth-order valence-corrected chi connectivity index (χ4v) is 5.53. The number of anilines is 1. The summed E-state index contributed by atoms with van der Waals surface area (Å²) in [6.07, 6.45) is 4.21. The van der Waals surface area contributed by atoms with Crippen LogP contribution in [0.1, 0.15) is 18.5 Å². The smallest absolute Gasteiger partial charge is 0.300 e. The van der Waals surface area contributed by atoms with Crippen LogP contribution in [0.15, 0.2) is 36.5 Å². The van der Waals surface area contributed by atoms with E-state index in [1.165, 1.54) is 0 Å². The summed E-state index contributed by atoms with van der Waals surface area (Å²) in [5.41, 5.74) is 4.60. The van der Waals surface area contributed by atoms with E-state index in [9.17, 15) is 13.2 Å². The van der Waals surface area contributed by atoms with E-state index in [1.807, 2.05) is 15.0 Å². The molecule has 0 fully saturated rings. The molecule has 1 aromatic carbocycles. The number of rotatable bonds is 5. The lowest BCUT2D eigenvalue weighted by Crippen LogP contribution is -2.43. The maximum absolute atomic E-state index is 12.1. The van der Waals surface area contributed by atoms with Crippen LogP contribution in [0, 0.1) is 0 Å². The number of carbonyl (C=O) groups is 1. The van der Waals surface area contributed by atoms with E-state index >= 15 is 0 Å². The van der Waals surface area contributed by atoms with E-state index in [0.29, 0.717) is 53.1 Å². The Morgan fingerprint density at radius 3 is 2.76 bits per heavy atom. The number of fused-ring (bicyclic) bond motifs is 1. The first-order valence-corrected chi connectivity index (χ1v) is 13.1. The summed E-state index contributed by atoms with van der Waals surface area (Å²) in [5.74, 6) is 0.199. The molecule has 0 bridgehead atoms. The van der Waals surface area contributed by atoms with Gasteiger partial charge in [-0.25, -0.2) is 18.2 Å². The van der Waals surface area contributed by atoms with Gasteiger partial charge in [0.15, 0.2) is 12.3 Å². The van der Waals surface area contributed by atoms with Crippen molar-refractivity contribution in [2.24, 2.45) is 0 Å². The molecule has 0 aliphatic carbocycles. The molecule has 0 saturated carbocycles. The minimum atomic E-state index is -3.43. The minimum absolute atomic E-state index is 0.199. The first-order valence-electron chi connectivity index (χ1n) is 10.5. The molecule has 0 atom stereocenters. The summed E-state index contributed by atoms with van der Waals surface area (Å²) in [5, 5.41) is 1.02. The van der Waals surface area contributed by atoms with Crippen molar-refractivity contribution in [2.45, 2.75) is 19.4 Å². The zero-order valence-corrected chi connectivity index (χ0v) is 20.2. The Morgan fingerprint density at radius 1 is 1.18 bits per heavy atom. The Hall–Kier alpha value is -2.46. The number of pyridine rings is 1. The van der Waals surface area contributed by atoms with Gasteiger partial charge in [0.1, 0.15) is 5.65 Å². The second-order valence-corrected chi connectivity index (χ2v) is 11.0. The van der Waals surface area contributed by atoms with Gasteiger partial charge >= 0.3 is 5.91 Å². The third kappa shape index (κ3) is 4.50. The van der Waals surface area contributed by atoms with Crippen molar-refractivity contribution in [2.75, 3.05) is 30.6 Å². The van der Waals surface area contributed by atoms with Gasteiger partial charge in [-0.3, -0.25) is 14.0 Å². The number of benzene rings is 1. The van der Waals surface area contributed by atoms with E-state index in [1.54, 1.807) is 30.5 Å². The number of carbonyl (C=O) groups excluding carboxylic acids is 1. The molecule has 2 aliphatic heterocycles. The van der Waals surface area contributed by atoms with Crippen molar-refractivity contribution < 1.29 is 17.8 Å². The molecule has 0 spiro atoms. The zero-order chi connectivity index (χ0) is 23.3. The van der Waals surface area contributed by atoms with Crippen LogP contribution in [0.3, 0.4) is 0 Å². The number of imidazole rings is 1. The average Bonchev–Trinajstić information content (AvgIpc) is 3.27. The molecule has 4 heterocycles. The van der Waals surface area contributed by atoms with E-state index in [4.69, 9.17) is 28.2 Å². The van der Waals surface area contributed by atoms with Crippen LogP contribution in [0.5, 0.6) is 0 Å². The lowest BCUT2D eigenvalue weighted by atomic mass is 10.1. The van der Waals surface area contributed by atoms with Crippen LogP contribution in [0.2, 0.25) is 10.0 Å². The molecule has 33 heavy (non-hydrogen) atoms. The van der Waals surface area contributed by atoms with E-state index < -0.39 is 10.0 Å². The summed E-state index contributed by atoms with van der Waals surface area (Å²) in [7, 11) is -3.43. The number of sulfonamides is 1. The maximum atomic E-state index is 12.1. The Morgan fingerprint density at radius 2 is 2.00 bits per heavy atom. The van der Waals surface area contributed by atoms with Gasteiger partial charge < -0.3 is 0 Å². The average molecular weight is 507 g/mol. The Kier molecular flexibility index (Phi) is 5.68. The highest BCUT2D eigenvalue weighted by Gasteiger charge is 2.36. The van der Waals surface area contributed by atoms with Crippen LogP contribution >= 0.6 is 23.2 Å². The standard InChI is InChI=1S/C22H22Cl2N5O3S/c1-33(31,32)26-15-3-6-20-25-22(17-5-2-14(23)10-18(17)24)19(29(20)11-15)13-27-8-9-28-16(12-27)4-7-21(28)30/h2-3,5-6,10-11,26H,4,7-9,12-13H2,1H3/q+1. The van der Waals surface area contributed by atoms with Crippen LogP contribution < -0.4 is 4.72 Å². The van der Waals surface area contributed by atoms with E-state index in [0.717, 1.165) is 36.2 Å². The van der Waals surface area contributed by atoms with Gasteiger partial charge in [0.05, 0.1) is 47.9 Å². The number of nitrogens with zero attached hydrogens (tertiary/aromatic N) is 4. The van der Waals surface area contributed by atoms with Gasteiger partial charge in [-0.1, -0.05) is 23.2 Å². The van der Waals surface area contributed by atoms with Crippen molar-refractivity contribution in [3.63, 3.8) is 0 Å². The van der Waals surface area contributed by atoms with E-state index in [-0.39, 0.29) is 5.91 Å². The molecule has 1 amide bonds. The molecule has 5 rings (SSSR count). The highest BCUT2D eigenvalue weighted by atomic mass is 35.5. The highest BCUT2D eigenvalue weighted by Crippen LogP contribution is 2.34. The first kappa shape index (κ1) is 22.3. The van der Waals surface area contributed by atoms with Gasteiger partial charge in [0.25, 0.3) is 0 Å². The number of halogens is 2. The SMILES string of the molecule is CS(=O)(=O)Nc1ccc2nc(-c3ccc(Cl)cc3Cl)c(CN3CC[N+]4=C(CCC4=O)C3)n2c1. The topological polar surface area (TPSA) is 86.8 Å². The van der Waals surface area contributed by atoms with Crippen molar-refractivity contribution in [1.29, 1.82) is 0 Å². The van der Waals surface area contributed by atoms with Crippen LogP contribution in [-0.2, 0) is 21.4 Å². The molecule has 0 unspecified atom stereocenters. The molecular weight excluding hydrogens is 485 g/mol. The fraction of sp³-hybridized carbons (Fsp3) is 0.318. The van der Waals surface area contributed by atoms with Crippen molar-refractivity contribution in [1.82, 2.24) is 14.3 Å². The molecule has 2 aromatic heterocycles. The summed E-state index contributed by atoms with van der Waals surface area (Å²) in [6, 6.07) is 8.74. The largest absolute Gasteiger partial charge is 0.387 e. The molecule has 0 radical (unpaired) electrons. The number of hydrogen-bond acceptors (Lipinski definition) is 5. The normalized spacial score (nSPS) is 17.1. The first-order chi connectivity index (χ1) is 15.7. The summed E-state index contributed by atoms with van der Waals surface area (Å²) >= 11 is 12.6. The second-order valence-electron chi connectivity index (χ2n) is 8.37. The lowest BCUT2D eigenvalue weighted by Gasteiger charge is -2.24. The molecule has 0 saturated heterocycles. The molecule has 3 aromatic rings. The monoisotopic (exact) mass is 506 g/mol. The number of hydrogen-bond donors (Lipinski definition) is 1. The van der Waals surface area contributed by atoms with Crippen LogP contribution in [0.25, 0.3) is 16.9 Å². The Balaban J connectivity index is 1.59. The van der Waals surface area contributed by atoms with Gasteiger partial charge in [-0.15, -0.1) is 0 Å². The molecule has 2 aliphatic rings. The molecule has 8 nitrogen and oxygen atoms in total. The lowest BCUT2D eigenvalue weighted by molar-refractivity contribution is -0.451. The number of nitrogens with one attached hydrogen (secondary N) is 1. The zero-order valence-electron chi connectivity index (χ0n) is 17.9.